The Labute approximate surface area is 117 Å². The van der Waals surface area contributed by atoms with Crippen LogP contribution in [0.5, 0.6) is 0 Å². The summed E-state index contributed by atoms with van der Waals surface area (Å²) in [6, 6.07) is 3.78. The topological polar surface area (TPSA) is 40.5 Å². The number of carbonyl (C=O) groups excluding carboxylic acids is 1. The first-order valence-electron chi connectivity index (χ1n) is 5.16. The normalized spacial score (nSPS) is 11.5. The predicted molar refractivity (Wildman–Crippen MR) is 65.5 cm³/mol. The molecule has 8 heteroatoms. The van der Waals surface area contributed by atoms with Gasteiger partial charge in [0, 0.05) is 12.1 Å². The zero-order chi connectivity index (χ0) is 14.6. The van der Waals surface area contributed by atoms with Crippen LogP contribution in [0.2, 0.25) is 10.0 Å². The average molecular weight is 316 g/mol. The molecule has 1 aromatic carbocycles. The van der Waals surface area contributed by atoms with E-state index in [0.29, 0.717) is 4.90 Å². The van der Waals surface area contributed by atoms with Crippen molar-refractivity contribution in [2.24, 2.45) is 0 Å². The molecule has 0 atom stereocenters. The number of amides is 1. The minimum Gasteiger partial charge on any atom is -0.395 e. The van der Waals surface area contributed by atoms with Crippen LogP contribution in [0.4, 0.5) is 13.2 Å². The molecular formula is C11H10Cl2F3NO2. The highest BCUT2D eigenvalue weighted by Gasteiger charge is 2.33. The Bertz CT molecular complexity index is 466. The Kier molecular flexibility index (Phi) is 5.46. The quantitative estimate of drug-likeness (QED) is 0.928. The van der Waals surface area contributed by atoms with E-state index in [0.717, 1.165) is 0 Å². The van der Waals surface area contributed by atoms with Crippen molar-refractivity contribution in [2.75, 3.05) is 19.7 Å². The van der Waals surface area contributed by atoms with E-state index in [1.165, 1.54) is 18.2 Å². The fourth-order valence-electron chi connectivity index (χ4n) is 1.40. The van der Waals surface area contributed by atoms with Crippen LogP contribution in [0, 0.1) is 0 Å². The summed E-state index contributed by atoms with van der Waals surface area (Å²) in [5.74, 6) is -0.870. The number of hydrogen-bond donors (Lipinski definition) is 1. The van der Waals surface area contributed by atoms with Gasteiger partial charge in [-0.25, -0.2) is 0 Å². The molecule has 0 aromatic heterocycles. The number of rotatable bonds is 4. The van der Waals surface area contributed by atoms with Crippen LogP contribution in [0.25, 0.3) is 0 Å². The molecule has 1 N–H and O–H groups in total. The van der Waals surface area contributed by atoms with Gasteiger partial charge in [-0.15, -0.1) is 0 Å². The number of carbonyl (C=O) groups is 1. The Morgan fingerprint density at radius 1 is 1.26 bits per heavy atom. The van der Waals surface area contributed by atoms with Gasteiger partial charge >= 0.3 is 6.18 Å². The Morgan fingerprint density at radius 2 is 1.89 bits per heavy atom. The molecule has 0 bridgehead atoms. The molecule has 0 fully saturated rings. The van der Waals surface area contributed by atoms with Gasteiger partial charge in [-0.05, 0) is 18.2 Å². The van der Waals surface area contributed by atoms with Crippen LogP contribution < -0.4 is 0 Å². The fourth-order valence-corrected chi connectivity index (χ4v) is 1.70. The van der Waals surface area contributed by atoms with E-state index in [-0.39, 0.29) is 15.6 Å². The first-order valence-corrected chi connectivity index (χ1v) is 5.92. The van der Waals surface area contributed by atoms with Crippen LogP contribution in [0.3, 0.4) is 0 Å². The molecular weight excluding hydrogens is 306 g/mol. The molecule has 106 valence electrons. The molecule has 0 heterocycles. The number of benzene rings is 1. The molecule has 19 heavy (non-hydrogen) atoms. The van der Waals surface area contributed by atoms with Gasteiger partial charge in [0.25, 0.3) is 5.91 Å². The highest BCUT2D eigenvalue weighted by Crippen LogP contribution is 2.24. The van der Waals surface area contributed by atoms with Crippen LogP contribution in [-0.4, -0.2) is 41.8 Å². The molecule has 0 radical (unpaired) electrons. The van der Waals surface area contributed by atoms with Crippen molar-refractivity contribution in [3.63, 3.8) is 0 Å². The molecule has 0 aliphatic heterocycles. The SMILES string of the molecule is O=C(c1ccc(Cl)c(Cl)c1)N(CCO)CC(F)(F)F. The summed E-state index contributed by atoms with van der Waals surface area (Å²) in [4.78, 5) is 12.4. The second kappa shape index (κ2) is 6.45. The molecule has 0 spiro atoms. The smallest absolute Gasteiger partial charge is 0.395 e. The van der Waals surface area contributed by atoms with Gasteiger partial charge in [0.2, 0.25) is 0 Å². The lowest BCUT2D eigenvalue weighted by Crippen LogP contribution is -2.40. The molecule has 0 unspecified atom stereocenters. The summed E-state index contributed by atoms with van der Waals surface area (Å²) in [7, 11) is 0. The molecule has 3 nitrogen and oxygen atoms in total. The van der Waals surface area contributed by atoms with E-state index in [9.17, 15) is 18.0 Å². The summed E-state index contributed by atoms with van der Waals surface area (Å²) < 4.78 is 37.0. The Morgan fingerprint density at radius 3 is 2.37 bits per heavy atom. The summed E-state index contributed by atoms with van der Waals surface area (Å²) in [6.45, 7) is -2.42. The molecule has 1 aromatic rings. The van der Waals surface area contributed by atoms with Crippen molar-refractivity contribution in [2.45, 2.75) is 6.18 Å². The van der Waals surface area contributed by atoms with E-state index in [1.54, 1.807) is 0 Å². The maximum Gasteiger partial charge on any atom is 0.406 e. The van der Waals surface area contributed by atoms with Gasteiger partial charge in [0.05, 0.1) is 16.7 Å². The number of halogens is 5. The van der Waals surface area contributed by atoms with Gasteiger partial charge < -0.3 is 10.0 Å². The maximum atomic E-state index is 12.3. The standard InChI is InChI=1S/C11H10Cl2F3NO2/c12-8-2-1-7(5-9(8)13)10(19)17(3-4-18)6-11(14,15)16/h1-2,5,18H,3-4,6H2. The van der Waals surface area contributed by atoms with Crippen LogP contribution in [0.1, 0.15) is 10.4 Å². The summed E-state index contributed by atoms with van der Waals surface area (Å²) in [5.41, 5.74) is -0.0212. The lowest BCUT2D eigenvalue weighted by Gasteiger charge is -2.23. The largest absolute Gasteiger partial charge is 0.406 e. The van der Waals surface area contributed by atoms with Crippen LogP contribution >= 0.6 is 23.2 Å². The van der Waals surface area contributed by atoms with E-state index < -0.39 is 31.8 Å². The average Bonchev–Trinajstić information content (AvgIpc) is 2.29. The van der Waals surface area contributed by atoms with Gasteiger partial charge in [-0.1, -0.05) is 23.2 Å². The molecule has 0 aliphatic rings. The zero-order valence-corrected chi connectivity index (χ0v) is 11.1. The first kappa shape index (κ1) is 16.1. The number of aliphatic hydroxyl groups excluding tert-OH is 1. The number of alkyl halides is 3. The van der Waals surface area contributed by atoms with Crippen molar-refractivity contribution >= 4 is 29.1 Å². The molecule has 0 saturated heterocycles. The van der Waals surface area contributed by atoms with Gasteiger partial charge in [-0.3, -0.25) is 4.79 Å². The lowest BCUT2D eigenvalue weighted by atomic mass is 10.2. The van der Waals surface area contributed by atoms with Gasteiger partial charge in [0.15, 0.2) is 0 Å². The lowest BCUT2D eigenvalue weighted by molar-refractivity contribution is -0.141. The van der Waals surface area contributed by atoms with E-state index in [1.807, 2.05) is 0 Å². The van der Waals surface area contributed by atoms with Crippen molar-refractivity contribution in [1.29, 1.82) is 0 Å². The third-order valence-corrected chi connectivity index (χ3v) is 2.93. The van der Waals surface area contributed by atoms with Crippen molar-refractivity contribution < 1.29 is 23.1 Å². The molecule has 1 amide bonds. The summed E-state index contributed by atoms with van der Waals surface area (Å²) in [5, 5.41) is 8.99. The van der Waals surface area contributed by atoms with E-state index >= 15 is 0 Å². The van der Waals surface area contributed by atoms with Crippen LogP contribution in [-0.2, 0) is 0 Å². The zero-order valence-electron chi connectivity index (χ0n) is 9.55. The van der Waals surface area contributed by atoms with E-state index in [4.69, 9.17) is 28.3 Å². The monoisotopic (exact) mass is 315 g/mol. The summed E-state index contributed by atoms with van der Waals surface area (Å²) in [6.07, 6.45) is -4.54. The predicted octanol–water partition coefficient (Wildman–Crippen LogP) is 2.99. The Balaban J connectivity index is 2.95. The van der Waals surface area contributed by atoms with Crippen molar-refractivity contribution in [1.82, 2.24) is 4.90 Å². The highest BCUT2D eigenvalue weighted by molar-refractivity contribution is 6.42. The second-order valence-corrected chi connectivity index (χ2v) is 4.51. The Hall–Kier alpha value is -0.980. The van der Waals surface area contributed by atoms with Crippen molar-refractivity contribution in [3.8, 4) is 0 Å². The fraction of sp³-hybridized carbons (Fsp3) is 0.364. The third kappa shape index (κ3) is 4.89. The highest BCUT2D eigenvalue weighted by atomic mass is 35.5. The van der Waals surface area contributed by atoms with Gasteiger partial charge in [0.1, 0.15) is 6.54 Å². The van der Waals surface area contributed by atoms with E-state index in [2.05, 4.69) is 0 Å². The minimum absolute atomic E-state index is 0.0212. The number of aliphatic hydroxyl groups is 1. The van der Waals surface area contributed by atoms with Gasteiger partial charge in [-0.2, -0.15) is 13.2 Å². The second-order valence-electron chi connectivity index (χ2n) is 3.69. The maximum absolute atomic E-state index is 12.3. The minimum atomic E-state index is -4.54. The molecule has 1 rings (SSSR count). The number of hydrogen-bond acceptors (Lipinski definition) is 2. The van der Waals surface area contributed by atoms with Crippen molar-refractivity contribution in [3.05, 3.63) is 33.8 Å². The number of nitrogens with zero attached hydrogens (tertiary/aromatic N) is 1. The third-order valence-electron chi connectivity index (χ3n) is 2.19. The summed E-state index contributed by atoms with van der Waals surface area (Å²) >= 11 is 11.4. The van der Waals surface area contributed by atoms with Crippen LogP contribution in [0.15, 0.2) is 18.2 Å². The first-order chi connectivity index (χ1) is 8.74. The molecule has 0 saturated carbocycles. The molecule has 0 aliphatic carbocycles.